The first kappa shape index (κ1) is 16.9. The maximum absolute atomic E-state index is 5.79. The molecule has 2 aliphatic heterocycles. The summed E-state index contributed by atoms with van der Waals surface area (Å²) in [6.45, 7) is 7.89. The molecular weight excluding hydrogens is 356 g/mol. The highest BCUT2D eigenvalue weighted by molar-refractivity contribution is 9.10. The summed E-state index contributed by atoms with van der Waals surface area (Å²) >= 11 is 3.61. The zero-order chi connectivity index (χ0) is 13.9. The molecule has 2 heterocycles. The molecule has 0 amide bonds. The van der Waals surface area contributed by atoms with Gasteiger partial charge in [-0.2, -0.15) is 0 Å². The molecule has 1 aromatic rings. The van der Waals surface area contributed by atoms with Crippen LogP contribution < -0.4 is 14.8 Å². The van der Waals surface area contributed by atoms with E-state index in [2.05, 4.69) is 45.2 Å². The van der Waals surface area contributed by atoms with Gasteiger partial charge in [-0.05, 0) is 40.5 Å². The lowest BCUT2D eigenvalue weighted by atomic mass is 10.1. The Balaban J connectivity index is 0.00000161. The molecule has 0 radical (unpaired) electrons. The number of hydrogen-bond acceptors (Lipinski definition) is 4. The van der Waals surface area contributed by atoms with Gasteiger partial charge in [-0.25, -0.2) is 0 Å². The number of rotatable bonds is 2. The Bertz CT molecular complexity index is 487. The maximum Gasteiger partial charge on any atom is 0.175 e. The first-order chi connectivity index (χ1) is 9.72. The molecule has 3 rings (SSSR count). The van der Waals surface area contributed by atoms with Gasteiger partial charge in [0.05, 0.1) is 17.7 Å². The first-order valence-corrected chi connectivity index (χ1v) is 8.05. The van der Waals surface area contributed by atoms with Gasteiger partial charge in [0.25, 0.3) is 0 Å². The third-order valence-electron chi connectivity index (χ3n) is 3.72. The second kappa shape index (κ2) is 7.68. The van der Waals surface area contributed by atoms with Crippen molar-refractivity contribution in [1.82, 2.24) is 10.2 Å². The van der Waals surface area contributed by atoms with Crippen LogP contribution in [0.25, 0.3) is 0 Å². The summed E-state index contributed by atoms with van der Waals surface area (Å²) < 4.78 is 12.5. The highest BCUT2D eigenvalue weighted by Gasteiger charge is 2.19. The number of benzene rings is 1. The molecule has 1 aromatic carbocycles. The van der Waals surface area contributed by atoms with Crippen LogP contribution in [0.2, 0.25) is 0 Å². The standard InChI is InChI=1S/C15H21BrN2O2.ClH/c1-11-9-18(4-3-17-11)10-12-7-13(16)15-14(8-12)19-5-2-6-20-15;/h7-8,11,17H,2-6,9-10H2,1H3;1H. The number of piperazine rings is 1. The summed E-state index contributed by atoms with van der Waals surface area (Å²) in [5.41, 5.74) is 1.27. The molecule has 0 spiro atoms. The van der Waals surface area contributed by atoms with E-state index in [4.69, 9.17) is 9.47 Å². The largest absolute Gasteiger partial charge is 0.490 e. The maximum atomic E-state index is 5.79. The Kier molecular flexibility index (Phi) is 6.17. The summed E-state index contributed by atoms with van der Waals surface area (Å²) in [6.07, 6.45) is 0.936. The van der Waals surface area contributed by atoms with Gasteiger partial charge in [-0.1, -0.05) is 0 Å². The highest BCUT2D eigenvalue weighted by Crippen LogP contribution is 2.38. The molecule has 0 aliphatic carbocycles. The lowest BCUT2D eigenvalue weighted by Gasteiger charge is -2.32. The average Bonchev–Trinajstić information content (AvgIpc) is 2.64. The minimum absolute atomic E-state index is 0. The van der Waals surface area contributed by atoms with Gasteiger partial charge in [0.15, 0.2) is 11.5 Å². The van der Waals surface area contributed by atoms with Crippen LogP contribution in [0.3, 0.4) is 0 Å². The Hall–Kier alpha value is -0.490. The van der Waals surface area contributed by atoms with Crippen LogP contribution in [0.15, 0.2) is 16.6 Å². The van der Waals surface area contributed by atoms with Crippen molar-refractivity contribution in [3.63, 3.8) is 0 Å². The first-order valence-electron chi connectivity index (χ1n) is 7.26. The molecule has 118 valence electrons. The molecule has 4 nitrogen and oxygen atoms in total. The van der Waals surface area contributed by atoms with Gasteiger partial charge in [0, 0.05) is 38.6 Å². The van der Waals surface area contributed by atoms with Crippen LogP contribution in [0, 0.1) is 0 Å². The van der Waals surface area contributed by atoms with Crippen molar-refractivity contribution < 1.29 is 9.47 Å². The summed E-state index contributed by atoms with van der Waals surface area (Å²) in [5.74, 6) is 1.72. The smallest absolute Gasteiger partial charge is 0.175 e. The minimum Gasteiger partial charge on any atom is -0.490 e. The van der Waals surface area contributed by atoms with E-state index in [9.17, 15) is 0 Å². The quantitative estimate of drug-likeness (QED) is 0.859. The van der Waals surface area contributed by atoms with Crippen molar-refractivity contribution in [3.05, 3.63) is 22.2 Å². The fraction of sp³-hybridized carbons (Fsp3) is 0.600. The zero-order valence-electron chi connectivity index (χ0n) is 12.2. The molecule has 6 heteroatoms. The fourth-order valence-electron chi connectivity index (χ4n) is 2.79. The van der Waals surface area contributed by atoms with Gasteiger partial charge in [0.1, 0.15) is 0 Å². The number of halogens is 2. The number of ether oxygens (including phenoxy) is 2. The van der Waals surface area contributed by atoms with Crippen molar-refractivity contribution >= 4 is 28.3 Å². The fourth-order valence-corrected chi connectivity index (χ4v) is 3.39. The minimum atomic E-state index is 0. The van der Waals surface area contributed by atoms with E-state index in [0.29, 0.717) is 6.04 Å². The predicted octanol–water partition coefficient (Wildman–Crippen LogP) is 2.83. The molecule has 1 atom stereocenters. The molecule has 2 aliphatic rings. The molecule has 0 aromatic heterocycles. The molecule has 0 saturated carbocycles. The predicted molar refractivity (Wildman–Crippen MR) is 89.7 cm³/mol. The van der Waals surface area contributed by atoms with Crippen molar-refractivity contribution in [2.45, 2.75) is 25.9 Å². The van der Waals surface area contributed by atoms with Gasteiger partial charge < -0.3 is 14.8 Å². The van der Waals surface area contributed by atoms with E-state index in [0.717, 1.165) is 61.8 Å². The Labute approximate surface area is 140 Å². The Morgan fingerprint density at radius 1 is 1.33 bits per heavy atom. The van der Waals surface area contributed by atoms with Crippen LogP contribution in [0.5, 0.6) is 11.5 Å². The highest BCUT2D eigenvalue weighted by atomic mass is 79.9. The van der Waals surface area contributed by atoms with Crippen LogP contribution in [0.4, 0.5) is 0 Å². The SMILES string of the molecule is CC1CN(Cc2cc(Br)c3c(c2)OCCCO3)CCN1.Cl. The van der Waals surface area contributed by atoms with Gasteiger partial charge in [0.2, 0.25) is 0 Å². The second-order valence-corrected chi connectivity index (χ2v) is 6.40. The van der Waals surface area contributed by atoms with Crippen LogP contribution in [0.1, 0.15) is 18.9 Å². The number of nitrogens with one attached hydrogen (secondary N) is 1. The van der Waals surface area contributed by atoms with Crippen LogP contribution in [-0.4, -0.2) is 43.8 Å². The van der Waals surface area contributed by atoms with Crippen molar-refractivity contribution in [2.24, 2.45) is 0 Å². The lowest BCUT2D eigenvalue weighted by Crippen LogP contribution is -2.48. The molecule has 21 heavy (non-hydrogen) atoms. The summed E-state index contributed by atoms with van der Waals surface area (Å²) in [4.78, 5) is 2.48. The van der Waals surface area contributed by atoms with E-state index >= 15 is 0 Å². The van der Waals surface area contributed by atoms with Crippen molar-refractivity contribution in [1.29, 1.82) is 0 Å². The van der Waals surface area contributed by atoms with Gasteiger partial charge in [-0.15, -0.1) is 12.4 Å². The number of hydrogen-bond donors (Lipinski definition) is 1. The topological polar surface area (TPSA) is 33.7 Å². The van der Waals surface area contributed by atoms with E-state index in [1.165, 1.54) is 5.56 Å². The van der Waals surface area contributed by atoms with Crippen molar-refractivity contribution in [3.8, 4) is 11.5 Å². The third kappa shape index (κ3) is 4.25. The zero-order valence-corrected chi connectivity index (χ0v) is 14.6. The molecule has 1 unspecified atom stereocenters. The second-order valence-electron chi connectivity index (χ2n) is 5.55. The van der Waals surface area contributed by atoms with E-state index < -0.39 is 0 Å². The van der Waals surface area contributed by atoms with E-state index in [1.54, 1.807) is 0 Å². The summed E-state index contributed by atoms with van der Waals surface area (Å²) in [6, 6.07) is 4.84. The van der Waals surface area contributed by atoms with Gasteiger partial charge >= 0.3 is 0 Å². The monoisotopic (exact) mass is 376 g/mol. The normalized spacial score (nSPS) is 22.3. The average molecular weight is 378 g/mol. The number of nitrogens with zero attached hydrogens (tertiary/aromatic N) is 1. The molecule has 1 saturated heterocycles. The molecular formula is C15H22BrClN2O2. The molecule has 1 fully saturated rings. The Morgan fingerprint density at radius 3 is 2.95 bits per heavy atom. The Morgan fingerprint density at radius 2 is 2.14 bits per heavy atom. The van der Waals surface area contributed by atoms with Crippen LogP contribution >= 0.6 is 28.3 Å². The summed E-state index contributed by atoms with van der Waals surface area (Å²) in [5, 5.41) is 3.47. The summed E-state index contributed by atoms with van der Waals surface area (Å²) in [7, 11) is 0. The third-order valence-corrected chi connectivity index (χ3v) is 4.31. The van der Waals surface area contributed by atoms with E-state index in [1.807, 2.05) is 0 Å². The molecule has 0 bridgehead atoms. The van der Waals surface area contributed by atoms with E-state index in [-0.39, 0.29) is 12.4 Å². The molecule has 1 N–H and O–H groups in total. The number of fused-ring (bicyclic) bond motifs is 1. The van der Waals surface area contributed by atoms with Gasteiger partial charge in [-0.3, -0.25) is 4.90 Å². The van der Waals surface area contributed by atoms with Crippen LogP contribution in [-0.2, 0) is 6.54 Å². The lowest BCUT2D eigenvalue weighted by molar-refractivity contribution is 0.199. The van der Waals surface area contributed by atoms with Crippen molar-refractivity contribution in [2.75, 3.05) is 32.8 Å².